The summed E-state index contributed by atoms with van der Waals surface area (Å²) in [7, 11) is 0. The predicted molar refractivity (Wildman–Crippen MR) is 100 cm³/mol. The molecule has 2 heterocycles. The quantitative estimate of drug-likeness (QED) is 0.742. The van der Waals surface area contributed by atoms with Crippen molar-refractivity contribution >= 4 is 23.5 Å². The second kappa shape index (κ2) is 6.37. The number of nitrogens with one attached hydrogen (secondary N) is 1. The van der Waals surface area contributed by atoms with Gasteiger partial charge < -0.3 is 4.57 Å². The maximum absolute atomic E-state index is 12.5. The van der Waals surface area contributed by atoms with Gasteiger partial charge in [-0.1, -0.05) is 41.4 Å². The SMILES string of the molecule is Cc1ccc(-c2nc(NC(=O)c3ccc(Cl)cc3)n3c2CCC3)cc1. The molecule has 3 aromatic rings. The van der Waals surface area contributed by atoms with E-state index in [0.717, 1.165) is 30.6 Å². The number of aromatic nitrogens is 2. The molecule has 126 valence electrons. The number of hydrogen-bond acceptors (Lipinski definition) is 2. The van der Waals surface area contributed by atoms with Gasteiger partial charge in [-0.3, -0.25) is 10.1 Å². The molecule has 2 aromatic carbocycles. The molecule has 4 nitrogen and oxygen atoms in total. The van der Waals surface area contributed by atoms with E-state index >= 15 is 0 Å². The van der Waals surface area contributed by atoms with Gasteiger partial charge in [-0.05, 0) is 44.0 Å². The summed E-state index contributed by atoms with van der Waals surface area (Å²) < 4.78 is 2.11. The maximum Gasteiger partial charge on any atom is 0.257 e. The van der Waals surface area contributed by atoms with Crippen molar-refractivity contribution in [1.82, 2.24) is 9.55 Å². The Bertz CT molecular complexity index is 927. The fourth-order valence-corrected chi connectivity index (χ4v) is 3.32. The van der Waals surface area contributed by atoms with E-state index in [-0.39, 0.29) is 5.91 Å². The summed E-state index contributed by atoms with van der Waals surface area (Å²) >= 11 is 5.89. The van der Waals surface area contributed by atoms with E-state index in [2.05, 4.69) is 41.1 Å². The van der Waals surface area contributed by atoms with E-state index < -0.39 is 0 Å². The van der Waals surface area contributed by atoms with E-state index in [0.29, 0.717) is 16.5 Å². The maximum atomic E-state index is 12.5. The van der Waals surface area contributed by atoms with Gasteiger partial charge in [-0.2, -0.15) is 0 Å². The molecule has 1 aliphatic rings. The summed E-state index contributed by atoms with van der Waals surface area (Å²) in [5.74, 6) is 0.440. The molecule has 0 saturated carbocycles. The van der Waals surface area contributed by atoms with Gasteiger partial charge in [0.15, 0.2) is 0 Å². The normalized spacial score (nSPS) is 12.9. The number of fused-ring (bicyclic) bond motifs is 1. The number of anilines is 1. The van der Waals surface area contributed by atoms with Crippen LogP contribution in [0.1, 0.15) is 28.0 Å². The number of hydrogen-bond donors (Lipinski definition) is 1. The highest BCUT2D eigenvalue weighted by Gasteiger charge is 2.23. The van der Waals surface area contributed by atoms with Crippen molar-refractivity contribution in [2.75, 3.05) is 5.32 Å². The molecule has 1 N–H and O–H groups in total. The molecule has 25 heavy (non-hydrogen) atoms. The van der Waals surface area contributed by atoms with Gasteiger partial charge in [0.25, 0.3) is 5.91 Å². The van der Waals surface area contributed by atoms with Crippen LogP contribution in [0.5, 0.6) is 0 Å². The summed E-state index contributed by atoms with van der Waals surface area (Å²) in [5.41, 5.74) is 5.02. The molecule has 1 amide bonds. The fraction of sp³-hybridized carbons (Fsp3) is 0.200. The average Bonchev–Trinajstić information content (AvgIpc) is 3.20. The minimum Gasteiger partial charge on any atom is -0.314 e. The molecule has 1 aromatic heterocycles. The molecule has 4 rings (SSSR count). The van der Waals surface area contributed by atoms with Gasteiger partial charge in [-0.15, -0.1) is 0 Å². The minimum absolute atomic E-state index is 0.174. The number of nitrogens with zero attached hydrogens (tertiary/aromatic N) is 2. The first kappa shape index (κ1) is 15.9. The van der Waals surface area contributed by atoms with Crippen LogP contribution >= 0.6 is 11.6 Å². The summed E-state index contributed by atoms with van der Waals surface area (Å²) in [6.07, 6.45) is 2.05. The van der Waals surface area contributed by atoms with E-state index in [1.807, 2.05) is 0 Å². The van der Waals surface area contributed by atoms with Crippen LogP contribution < -0.4 is 5.32 Å². The number of benzene rings is 2. The Kier molecular flexibility index (Phi) is 4.06. The van der Waals surface area contributed by atoms with Gasteiger partial charge in [0.2, 0.25) is 5.95 Å². The summed E-state index contributed by atoms with van der Waals surface area (Å²) in [6, 6.07) is 15.2. The second-order valence-corrected chi connectivity index (χ2v) is 6.75. The third kappa shape index (κ3) is 3.05. The average molecular weight is 352 g/mol. The number of amides is 1. The van der Waals surface area contributed by atoms with Crippen LogP contribution in [0.4, 0.5) is 5.95 Å². The Hall–Kier alpha value is -2.59. The summed E-state index contributed by atoms with van der Waals surface area (Å²) in [6.45, 7) is 2.95. The van der Waals surface area contributed by atoms with Crippen LogP contribution in [0.3, 0.4) is 0 Å². The van der Waals surface area contributed by atoms with Crippen LogP contribution in [0, 0.1) is 6.92 Å². The number of rotatable bonds is 3. The van der Waals surface area contributed by atoms with E-state index in [1.54, 1.807) is 24.3 Å². The molecule has 0 unspecified atom stereocenters. The Morgan fingerprint density at radius 1 is 1.12 bits per heavy atom. The number of carbonyl (C=O) groups excluding carboxylic acids is 1. The van der Waals surface area contributed by atoms with Crippen LogP contribution in [0.15, 0.2) is 48.5 Å². The Labute approximate surface area is 151 Å². The zero-order chi connectivity index (χ0) is 17.4. The van der Waals surface area contributed by atoms with E-state index in [1.165, 1.54) is 11.3 Å². The number of carbonyl (C=O) groups is 1. The lowest BCUT2D eigenvalue weighted by Crippen LogP contribution is -2.15. The highest BCUT2D eigenvalue weighted by Crippen LogP contribution is 2.32. The van der Waals surface area contributed by atoms with Crippen LogP contribution in [0.2, 0.25) is 5.02 Å². The molecular weight excluding hydrogens is 334 g/mol. The van der Waals surface area contributed by atoms with Crippen LogP contribution in [-0.2, 0) is 13.0 Å². The van der Waals surface area contributed by atoms with Gasteiger partial charge in [0.1, 0.15) is 0 Å². The van der Waals surface area contributed by atoms with Crippen molar-refractivity contribution in [2.24, 2.45) is 0 Å². The molecule has 1 aliphatic heterocycles. The zero-order valence-electron chi connectivity index (χ0n) is 13.9. The molecule has 0 aliphatic carbocycles. The lowest BCUT2D eigenvalue weighted by Gasteiger charge is -2.06. The predicted octanol–water partition coefficient (Wildman–Crippen LogP) is 4.71. The molecule has 0 saturated heterocycles. The Balaban J connectivity index is 1.66. The van der Waals surface area contributed by atoms with Gasteiger partial charge >= 0.3 is 0 Å². The van der Waals surface area contributed by atoms with Crippen LogP contribution in [-0.4, -0.2) is 15.5 Å². The first-order valence-corrected chi connectivity index (χ1v) is 8.73. The van der Waals surface area contributed by atoms with Gasteiger partial charge in [-0.25, -0.2) is 4.98 Å². The molecule has 0 atom stereocenters. The van der Waals surface area contributed by atoms with Crippen molar-refractivity contribution in [2.45, 2.75) is 26.3 Å². The number of halogens is 1. The van der Waals surface area contributed by atoms with Crippen LogP contribution in [0.25, 0.3) is 11.3 Å². The van der Waals surface area contributed by atoms with Crippen molar-refractivity contribution in [3.63, 3.8) is 0 Å². The Morgan fingerprint density at radius 2 is 1.84 bits per heavy atom. The fourth-order valence-electron chi connectivity index (χ4n) is 3.20. The van der Waals surface area contributed by atoms with Crippen molar-refractivity contribution in [3.05, 3.63) is 70.4 Å². The zero-order valence-corrected chi connectivity index (χ0v) is 14.7. The standard InChI is InChI=1S/C20H18ClN3O/c1-13-4-6-14(7-5-13)18-17-3-2-12-24(17)20(22-18)23-19(25)15-8-10-16(21)11-9-15/h4-11H,2-3,12H2,1H3,(H,22,23,25). The topological polar surface area (TPSA) is 46.9 Å². The molecule has 0 radical (unpaired) electrons. The molecule has 0 spiro atoms. The first-order valence-electron chi connectivity index (χ1n) is 8.35. The first-order chi connectivity index (χ1) is 12.1. The largest absolute Gasteiger partial charge is 0.314 e. The van der Waals surface area contributed by atoms with Crippen molar-refractivity contribution < 1.29 is 4.79 Å². The second-order valence-electron chi connectivity index (χ2n) is 6.31. The number of aryl methyl sites for hydroxylation is 1. The van der Waals surface area contributed by atoms with E-state index in [4.69, 9.17) is 16.6 Å². The van der Waals surface area contributed by atoms with Crippen molar-refractivity contribution in [1.29, 1.82) is 0 Å². The summed E-state index contributed by atoms with van der Waals surface area (Å²) in [5, 5.41) is 3.56. The minimum atomic E-state index is -0.174. The number of imidazole rings is 1. The monoisotopic (exact) mass is 351 g/mol. The highest BCUT2D eigenvalue weighted by molar-refractivity contribution is 6.30. The molecule has 0 bridgehead atoms. The lowest BCUT2D eigenvalue weighted by molar-refractivity contribution is 0.102. The lowest BCUT2D eigenvalue weighted by atomic mass is 10.1. The van der Waals surface area contributed by atoms with E-state index in [9.17, 15) is 4.79 Å². The third-order valence-electron chi connectivity index (χ3n) is 4.52. The Morgan fingerprint density at radius 3 is 2.56 bits per heavy atom. The molecule has 5 heteroatoms. The molecule has 0 fully saturated rings. The van der Waals surface area contributed by atoms with Crippen molar-refractivity contribution in [3.8, 4) is 11.3 Å². The van der Waals surface area contributed by atoms with Gasteiger partial charge in [0.05, 0.1) is 5.69 Å². The summed E-state index contributed by atoms with van der Waals surface area (Å²) in [4.78, 5) is 17.2. The van der Waals surface area contributed by atoms with Gasteiger partial charge in [0, 0.05) is 28.4 Å². The smallest absolute Gasteiger partial charge is 0.257 e. The third-order valence-corrected chi connectivity index (χ3v) is 4.78. The molecular formula is C20H18ClN3O. The highest BCUT2D eigenvalue weighted by atomic mass is 35.5.